The van der Waals surface area contributed by atoms with E-state index in [-0.39, 0.29) is 11.8 Å². The highest BCUT2D eigenvalue weighted by Gasteiger charge is 2.10. The van der Waals surface area contributed by atoms with Crippen molar-refractivity contribution in [1.29, 1.82) is 0 Å². The van der Waals surface area contributed by atoms with Gasteiger partial charge in [-0.1, -0.05) is 30.3 Å². The number of carbonyl (C=O) groups excluding carboxylic acids is 1. The van der Waals surface area contributed by atoms with Crippen LogP contribution in [0.25, 0.3) is 0 Å². The molecule has 0 atom stereocenters. The van der Waals surface area contributed by atoms with Gasteiger partial charge in [0.2, 0.25) is 0 Å². The Kier molecular flexibility index (Phi) is 6.41. The third-order valence-corrected chi connectivity index (χ3v) is 4.25. The number of para-hydroxylation sites is 1. The average molecular weight is 362 g/mol. The number of likely N-dealkylation sites (N-methyl/N-ethyl adjacent to an activating group) is 1. The first kappa shape index (κ1) is 18.8. The molecule has 0 unspecified atom stereocenters. The van der Waals surface area contributed by atoms with Gasteiger partial charge in [-0.25, -0.2) is 13.2 Å². The van der Waals surface area contributed by atoms with Crippen molar-refractivity contribution in [2.45, 2.75) is 5.75 Å². The standard InChI is InChI=1S/C18H22N2O4S/c1-20(11-12-24-17-9-4-3-5-10-17)18(21)19-16-8-6-7-15(13-16)14-25(2,22)23/h3-10,13H,11-12,14H2,1-2H3,(H,19,21). The van der Waals surface area contributed by atoms with Gasteiger partial charge in [0, 0.05) is 19.0 Å². The molecule has 7 heteroatoms. The van der Waals surface area contributed by atoms with Crippen LogP contribution in [0.15, 0.2) is 54.6 Å². The van der Waals surface area contributed by atoms with E-state index in [4.69, 9.17) is 4.74 Å². The Morgan fingerprint density at radius 1 is 1.12 bits per heavy atom. The average Bonchev–Trinajstić information content (AvgIpc) is 2.54. The van der Waals surface area contributed by atoms with Crippen molar-refractivity contribution >= 4 is 21.6 Å². The molecule has 2 rings (SSSR count). The summed E-state index contributed by atoms with van der Waals surface area (Å²) in [6.45, 7) is 0.797. The fraction of sp³-hybridized carbons (Fsp3) is 0.278. The zero-order valence-electron chi connectivity index (χ0n) is 14.3. The normalized spacial score (nSPS) is 11.0. The third-order valence-electron chi connectivity index (χ3n) is 3.39. The quantitative estimate of drug-likeness (QED) is 0.822. The van der Waals surface area contributed by atoms with Crippen LogP contribution in [-0.4, -0.2) is 45.8 Å². The summed E-state index contributed by atoms with van der Waals surface area (Å²) < 4.78 is 28.3. The van der Waals surface area contributed by atoms with Gasteiger partial charge in [0.15, 0.2) is 9.84 Å². The topological polar surface area (TPSA) is 75.7 Å². The van der Waals surface area contributed by atoms with Crippen LogP contribution < -0.4 is 10.1 Å². The molecule has 0 aromatic heterocycles. The molecule has 2 aromatic rings. The van der Waals surface area contributed by atoms with Gasteiger partial charge in [-0.2, -0.15) is 0 Å². The maximum atomic E-state index is 12.2. The van der Waals surface area contributed by atoms with E-state index < -0.39 is 9.84 Å². The lowest BCUT2D eigenvalue weighted by Gasteiger charge is -2.18. The van der Waals surface area contributed by atoms with E-state index in [2.05, 4.69) is 5.32 Å². The van der Waals surface area contributed by atoms with Crippen LogP contribution in [0.3, 0.4) is 0 Å². The second kappa shape index (κ2) is 8.53. The second-order valence-electron chi connectivity index (χ2n) is 5.78. The number of hydrogen-bond acceptors (Lipinski definition) is 4. The van der Waals surface area contributed by atoms with Crippen molar-refractivity contribution in [2.24, 2.45) is 0 Å². The monoisotopic (exact) mass is 362 g/mol. The number of ether oxygens (including phenoxy) is 1. The molecule has 0 aliphatic heterocycles. The van der Waals surface area contributed by atoms with Crippen LogP contribution in [0.2, 0.25) is 0 Å². The fourth-order valence-corrected chi connectivity index (χ4v) is 2.96. The number of amides is 2. The van der Waals surface area contributed by atoms with E-state index in [0.29, 0.717) is 24.4 Å². The lowest BCUT2D eigenvalue weighted by atomic mass is 10.2. The lowest BCUT2D eigenvalue weighted by Crippen LogP contribution is -2.34. The van der Waals surface area contributed by atoms with Crippen LogP contribution in [0, 0.1) is 0 Å². The van der Waals surface area contributed by atoms with E-state index in [1.807, 2.05) is 30.3 Å². The van der Waals surface area contributed by atoms with Crippen LogP contribution in [0.1, 0.15) is 5.56 Å². The molecule has 25 heavy (non-hydrogen) atoms. The summed E-state index contributed by atoms with van der Waals surface area (Å²) in [5, 5.41) is 2.75. The molecule has 0 aliphatic carbocycles. The van der Waals surface area contributed by atoms with Gasteiger partial charge in [-0.3, -0.25) is 0 Å². The molecule has 2 aromatic carbocycles. The van der Waals surface area contributed by atoms with E-state index >= 15 is 0 Å². The molecule has 0 saturated carbocycles. The summed E-state index contributed by atoms with van der Waals surface area (Å²) in [5.41, 5.74) is 1.19. The number of urea groups is 1. The number of hydrogen-bond donors (Lipinski definition) is 1. The van der Waals surface area contributed by atoms with Gasteiger partial charge in [-0.15, -0.1) is 0 Å². The summed E-state index contributed by atoms with van der Waals surface area (Å²) in [6.07, 6.45) is 1.18. The van der Waals surface area contributed by atoms with Crippen molar-refractivity contribution in [3.05, 3.63) is 60.2 Å². The Bertz CT molecular complexity index is 807. The molecule has 0 saturated heterocycles. The largest absolute Gasteiger partial charge is 0.492 e. The Morgan fingerprint density at radius 3 is 2.52 bits per heavy atom. The molecule has 2 amide bonds. The molecule has 0 radical (unpaired) electrons. The van der Waals surface area contributed by atoms with Gasteiger partial charge < -0.3 is 15.0 Å². The van der Waals surface area contributed by atoms with Crippen LogP contribution in [0.5, 0.6) is 5.75 Å². The highest BCUT2D eigenvalue weighted by Crippen LogP contribution is 2.13. The minimum absolute atomic E-state index is 0.0581. The molecule has 134 valence electrons. The van der Waals surface area contributed by atoms with Gasteiger partial charge in [-0.05, 0) is 29.8 Å². The van der Waals surface area contributed by atoms with Crippen molar-refractivity contribution in [1.82, 2.24) is 4.90 Å². The minimum atomic E-state index is -3.12. The molecule has 0 spiro atoms. The van der Waals surface area contributed by atoms with Crippen LogP contribution in [-0.2, 0) is 15.6 Å². The number of rotatable bonds is 7. The lowest BCUT2D eigenvalue weighted by molar-refractivity contribution is 0.207. The Labute approximate surface area is 148 Å². The maximum Gasteiger partial charge on any atom is 0.321 e. The zero-order chi connectivity index (χ0) is 18.3. The fourth-order valence-electron chi connectivity index (χ4n) is 2.18. The predicted molar refractivity (Wildman–Crippen MR) is 98.6 cm³/mol. The molecule has 0 heterocycles. The van der Waals surface area contributed by atoms with Crippen LogP contribution in [0.4, 0.5) is 10.5 Å². The summed E-state index contributed by atoms with van der Waals surface area (Å²) in [4.78, 5) is 13.7. The highest BCUT2D eigenvalue weighted by molar-refractivity contribution is 7.89. The zero-order valence-corrected chi connectivity index (χ0v) is 15.1. The number of anilines is 1. The maximum absolute atomic E-state index is 12.2. The molecular weight excluding hydrogens is 340 g/mol. The minimum Gasteiger partial charge on any atom is -0.492 e. The number of nitrogens with zero attached hydrogens (tertiary/aromatic N) is 1. The van der Waals surface area contributed by atoms with Crippen molar-refractivity contribution in [3.8, 4) is 5.75 Å². The highest BCUT2D eigenvalue weighted by atomic mass is 32.2. The van der Waals surface area contributed by atoms with Gasteiger partial charge in [0.1, 0.15) is 12.4 Å². The molecular formula is C18H22N2O4S. The summed E-state index contributed by atoms with van der Waals surface area (Å²) in [5.74, 6) is 0.696. The summed E-state index contributed by atoms with van der Waals surface area (Å²) in [6, 6.07) is 15.9. The first-order chi connectivity index (χ1) is 11.8. The van der Waals surface area contributed by atoms with Crippen molar-refractivity contribution in [3.63, 3.8) is 0 Å². The van der Waals surface area contributed by atoms with E-state index in [9.17, 15) is 13.2 Å². The molecule has 0 aliphatic rings. The number of benzene rings is 2. The first-order valence-corrected chi connectivity index (χ1v) is 9.86. The van der Waals surface area contributed by atoms with E-state index in [1.54, 1.807) is 31.3 Å². The van der Waals surface area contributed by atoms with Gasteiger partial charge >= 0.3 is 6.03 Å². The van der Waals surface area contributed by atoms with Gasteiger partial charge in [0.05, 0.1) is 12.3 Å². The molecule has 0 fully saturated rings. The first-order valence-electron chi connectivity index (χ1n) is 7.80. The van der Waals surface area contributed by atoms with Crippen LogP contribution >= 0.6 is 0 Å². The third kappa shape index (κ3) is 6.84. The Hall–Kier alpha value is -2.54. The number of carbonyl (C=O) groups is 1. The van der Waals surface area contributed by atoms with E-state index in [0.717, 1.165) is 5.75 Å². The number of sulfone groups is 1. The molecule has 1 N–H and O–H groups in total. The van der Waals surface area contributed by atoms with E-state index in [1.165, 1.54) is 11.2 Å². The smallest absolute Gasteiger partial charge is 0.321 e. The van der Waals surface area contributed by atoms with Gasteiger partial charge in [0.25, 0.3) is 0 Å². The molecule has 6 nitrogen and oxygen atoms in total. The summed E-state index contributed by atoms with van der Waals surface area (Å²) >= 11 is 0. The SMILES string of the molecule is CN(CCOc1ccccc1)C(=O)Nc1cccc(CS(C)(=O)=O)c1. The number of nitrogens with one attached hydrogen (secondary N) is 1. The molecule has 0 bridgehead atoms. The van der Waals surface area contributed by atoms with Crippen molar-refractivity contribution < 1.29 is 17.9 Å². The Balaban J connectivity index is 1.85. The Morgan fingerprint density at radius 2 is 1.84 bits per heavy atom. The van der Waals surface area contributed by atoms with Crippen molar-refractivity contribution in [2.75, 3.05) is 31.8 Å². The summed E-state index contributed by atoms with van der Waals surface area (Å²) in [7, 11) is -1.45. The second-order valence-corrected chi connectivity index (χ2v) is 7.92. The predicted octanol–water partition coefficient (Wildman–Crippen LogP) is 2.77.